The highest BCUT2D eigenvalue weighted by Crippen LogP contribution is 2.13. The van der Waals surface area contributed by atoms with E-state index in [1.807, 2.05) is 0 Å². The molecule has 2 heterocycles. The smallest absolute Gasteiger partial charge is 0.191 e. The average Bonchev–Trinajstić information content (AvgIpc) is 3.05. The Morgan fingerprint density at radius 3 is 2.80 bits per heavy atom. The molecule has 2 aromatic rings. The zero-order valence-electron chi connectivity index (χ0n) is 14.7. The lowest BCUT2D eigenvalue weighted by Crippen LogP contribution is -2.38. The first-order valence-corrected chi connectivity index (χ1v) is 8.76. The molecule has 1 aliphatic heterocycles. The quantitative estimate of drug-likeness (QED) is 0.305. The second kappa shape index (κ2) is 10.4. The molecule has 136 valence electrons. The first-order valence-electron chi connectivity index (χ1n) is 8.76. The summed E-state index contributed by atoms with van der Waals surface area (Å²) in [6, 6.07) is 10.6. The molecule has 2 N–H and O–H groups in total. The van der Waals surface area contributed by atoms with Crippen LogP contribution in [-0.2, 0) is 25.9 Å². The fourth-order valence-corrected chi connectivity index (χ4v) is 3.03. The van der Waals surface area contributed by atoms with Gasteiger partial charge in [-0.25, -0.2) is 0 Å². The van der Waals surface area contributed by atoms with Crippen molar-refractivity contribution in [2.24, 2.45) is 4.99 Å². The lowest BCUT2D eigenvalue weighted by atomic mass is 10.1. The molecule has 0 atom stereocenters. The summed E-state index contributed by atoms with van der Waals surface area (Å²) in [5.41, 5.74) is 1.37. The predicted octanol–water partition coefficient (Wildman–Crippen LogP) is 2.53. The maximum atomic E-state index is 4.31. The standard InChI is InChI=1S/C18H26N6.HI/c1-19-18(20-12-7-10-15-8-3-2-4-9-15)21-14-17-23-22-16-11-5-6-13-24(16)17;/h2-4,8-9H,5-7,10-14H2,1H3,(H2,19,20,21);1H. The molecule has 0 unspecified atom stereocenters. The van der Waals surface area contributed by atoms with Gasteiger partial charge in [-0.3, -0.25) is 4.99 Å². The Kier molecular flexibility index (Phi) is 8.17. The molecule has 25 heavy (non-hydrogen) atoms. The number of nitrogens with one attached hydrogen (secondary N) is 2. The Balaban J connectivity index is 0.00000225. The van der Waals surface area contributed by atoms with Gasteiger partial charge in [-0.2, -0.15) is 0 Å². The van der Waals surface area contributed by atoms with Gasteiger partial charge in [0, 0.05) is 26.6 Å². The van der Waals surface area contributed by atoms with Crippen LogP contribution in [0.1, 0.15) is 36.5 Å². The van der Waals surface area contributed by atoms with Crippen LogP contribution >= 0.6 is 24.0 Å². The molecule has 3 rings (SSSR count). The van der Waals surface area contributed by atoms with E-state index < -0.39 is 0 Å². The molecule has 7 heteroatoms. The van der Waals surface area contributed by atoms with E-state index in [1.165, 1.54) is 18.4 Å². The van der Waals surface area contributed by atoms with E-state index in [0.717, 1.165) is 50.0 Å². The highest BCUT2D eigenvalue weighted by molar-refractivity contribution is 14.0. The van der Waals surface area contributed by atoms with E-state index in [-0.39, 0.29) is 24.0 Å². The van der Waals surface area contributed by atoms with Gasteiger partial charge < -0.3 is 15.2 Å². The Morgan fingerprint density at radius 1 is 1.16 bits per heavy atom. The minimum Gasteiger partial charge on any atom is -0.356 e. The van der Waals surface area contributed by atoms with E-state index in [9.17, 15) is 0 Å². The number of aryl methyl sites for hydroxylation is 2. The van der Waals surface area contributed by atoms with Gasteiger partial charge in [-0.05, 0) is 31.2 Å². The van der Waals surface area contributed by atoms with Crippen LogP contribution in [0.3, 0.4) is 0 Å². The first kappa shape index (κ1) is 19.7. The Morgan fingerprint density at radius 2 is 2.00 bits per heavy atom. The van der Waals surface area contributed by atoms with Crippen molar-refractivity contribution in [3.63, 3.8) is 0 Å². The molecule has 0 spiro atoms. The normalized spacial score (nSPS) is 13.7. The molecule has 6 nitrogen and oxygen atoms in total. The minimum absolute atomic E-state index is 0. The molecule has 1 aromatic heterocycles. The van der Waals surface area contributed by atoms with Crippen molar-refractivity contribution in [2.75, 3.05) is 13.6 Å². The number of rotatable bonds is 6. The van der Waals surface area contributed by atoms with Gasteiger partial charge in [0.1, 0.15) is 5.82 Å². The molecule has 0 aliphatic carbocycles. The maximum absolute atomic E-state index is 4.31. The van der Waals surface area contributed by atoms with E-state index in [1.54, 1.807) is 7.05 Å². The second-order valence-electron chi connectivity index (χ2n) is 6.08. The van der Waals surface area contributed by atoms with Crippen molar-refractivity contribution in [3.05, 3.63) is 47.5 Å². The fraction of sp³-hybridized carbons (Fsp3) is 0.500. The van der Waals surface area contributed by atoms with Crippen LogP contribution < -0.4 is 10.6 Å². The second-order valence-corrected chi connectivity index (χ2v) is 6.08. The van der Waals surface area contributed by atoms with E-state index in [4.69, 9.17) is 0 Å². The summed E-state index contributed by atoms with van der Waals surface area (Å²) in [5.74, 6) is 2.93. The number of aromatic nitrogens is 3. The fourth-order valence-electron chi connectivity index (χ4n) is 3.03. The van der Waals surface area contributed by atoms with Gasteiger partial charge in [-0.1, -0.05) is 30.3 Å². The van der Waals surface area contributed by atoms with Crippen LogP contribution in [-0.4, -0.2) is 34.3 Å². The molecule has 0 bridgehead atoms. The molecule has 0 amide bonds. The monoisotopic (exact) mass is 454 g/mol. The highest BCUT2D eigenvalue weighted by Gasteiger charge is 2.15. The molecule has 0 saturated carbocycles. The third-order valence-electron chi connectivity index (χ3n) is 4.35. The average molecular weight is 454 g/mol. The van der Waals surface area contributed by atoms with Crippen molar-refractivity contribution < 1.29 is 0 Å². The van der Waals surface area contributed by atoms with Crippen LogP contribution in [0.5, 0.6) is 0 Å². The largest absolute Gasteiger partial charge is 0.356 e. The van der Waals surface area contributed by atoms with Crippen LogP contribution in [0.15, 0.2) is 35.3 Å². The topological polar surface area (TPSA) is 67.1 Å². The molecule has 1 aliphatic rings. The number of hydrogen-bond donors (Lipinski definition) is 2. The highest BCUT2D eigenvalue weighted by atomic mass is 127. The Hall–Kier alpha value is -1.64. The van der Waals surface area contributed by atoms with Crippen LogP contribution in [0, 0.1) is 0 Å². The molecule has 0 fully saturated rings. The molecular weight excluding hydrogens is 427 g/mol. The first-order chi connectivity index (χ1) is 11.9. The molecule has 0 radical (unpaired) electrons. The zero-order valence-corrected chi connectivity index (χ0v) is 17.1. The predicted molar refractivity (Wildman–Crippen MR) is 111 cm³/mol. The number of fused-ring (bicyclic) bond motifs is 1. The lowest BCUT2D eigenvalue weighted by Gasteiger charge is -2.16. The van der Waals surface area contributed by atoms with E-state index in [2.05, 4.69) is 60.7 Å². The summed E-state index contributed by atoms with van der Waals surface area (Å²) < 4.78 is 2.24. The van der Waals surface area contributed by atoms with E-state index >= 15 is 0 Å². The number of aliphatic imine (C=N–C) groups is 1. The summed E-state index contributed by atoms with van der Waals surface area (Å²) in [4.78, 5) is 4.28. The van der Waals surface area contributed by atoms with Crippen molar-refractivity contribution >= 4 is 29.9 Å². The third-order valence-corrected chi connectivity index (χ3v) is 4.35. The van der Waals surface area contributed by atoms with E-state index in [0.29, 0.717) is 6.54 Å². The Labute approximate surface area is 166 Å². The summed E-state index contributed by atoms with van der Waals surface area (Å²) in [6.07, 6.45) is 5.62. The number of nitrogens with zero attached hydrogens (tertiary/aromatic N) is 4. The number of halogens is 1. The lowest BCUT2D eigenvalue weighted by molar-refractivity contribution is 0.504. The number of hydrogen-bond acceptors (Lipinski definition) is 3. The van der Waals surface area contributed by atoms with Gasteiger partial charge in [0.25, 0.3) is 0 Å². The van der Waals surface area contributed by atoms with Crippen LogP contribution in [0.4, 0.5) is 0 Å². The molecular formula is C18H27IN6. The summed E-state index contributed by atoms with van der Waals surface area (Å²) >= 11 is 0. The number of benzene rings is 1. The van der Waals surface area contributed by atoms with Crippen molar-refractivity contribution in [1.82, 2.24) is 25.4 Å². The van der Waals surface area contributed by atoms with Crippen LogP contribution in [0.2, 0.25) is 0 Å². The minimum atomic E-state index is 0. The van der Waals surface area contributed by atoms with Gasteiger partial charge in [-0.15, -0.1) is 34.2 Å². The summed E-state index contributed by atoms with van der Waals surface area (Å²) in [6.45, 7) is 2.58. The third kappa shape index (κ3) is 5.69. The number of guanidine groups is 1. The molecule has 1 aromatic carbocycles. The van der Waals surface area contributed by atoms with Crippen LogP contribution in [0.25, 0.3) is 0 Å². The maximum Gasteiger partial charge on any atom is 0.191 e. The van der Waals surface area contributed by atoms with Gasteiger partial charge >= 0.3 is 0 Å². The SMILES string of the molecule is CN=C(NCCCc1ccccc1)NCc1nnc2n1CCCC2.I. The Bertz CT molecular complexity index is 667. The van der Waals surface area contributed by atoms with Crippen molar-refractivity contribution in [3.8, 4) is 0 Å². The summed E-state index contributed by atoms with van der Waals surface area (Å²) in [5, 5.41) is 15.3. The molecule has 0 saturated heterocycles. The van der Waals surface area contributed by atoms with Gasteiger partial charge in [0.2, 0.25) is 0 Å². The van der Waals surface area contributed by atoms with Gasteiger partial charge in [0.15, 0.2) is 11.8 Å². The summed E-state index contributed by atoms with van der Waals surface area (Å²) in [7, 11) is 1.80. The zero-order chi connectivity index (χ0) is 16.6. The van der Waals surface area contributed by atoms with Gasteiger partial charge in [0.05, 0.1) is 6.54 Å². The van der Waals surface area contributed by atoms with Crippen molar-refractivity contribution in [1.29, 1.82) is 0 Å². The van der Waals surface area contributed by atoms with Crippen molar-refractivity contribution in [2.45, 2.75) is 45.2 Å².